The summed E-state index contributed by atoms with van der Waals surface area (Å²) >= 11 is 8.00. The number of amides is 2. The Morgan fingerprint density at radius 2 is 1.67 bits per heavy atom. The number of fused-ring (bicyclic) bond motifs is 2. The lowest BCUT2D eigenvalue weighted by Gasteiger charge is -2.33. The molecule has 2 heterocycles. The van der Waals surface area contributed by atoms with E-state index in [9.17, 15) is 9.59 Å². The number of anilines is 1. The molecule has 168 valence electrons. The molecule has 1 atom stereocenters. The van der Waals surface area contributed by atoms with E-state index < -0.39 is 4.87 Å². The fourth-order valence-corrected chi connectivity index (χ4v) is 6.69. The van der Waals surface area contributed by atoms with E-state index in [1.165, 1.54) is 0 Å². The number of benzene rings is 3. The Labute approximate surface area is 203 Å². The maximum atomic E-state index is 14.3. The van der Waals surface area contributed by atoms with Crippen molar-refractivity contribution in [3.63, 3.8) is 0 Å². The van der Waals surface area contributed by atoms with Gasteiger partial charge >= 0.3 is 0 Å². The smallest absolute Gasteiger partial charge is 0.268 e. The van der Waals surface area contributed by atoms with Gasteiger partial charge in [-0.3, -0.25) is 9.59 Å². The van der Waals surface area contributed by atoms with Crippen LogP contribution in [0.5, 0.6) is 0 Å². The number of carbonyl (C=O) groups is 2. The predicted octanol–water partition coefficient (Wildman–Crippen LogP) is 6.02. The van der Waals surface area contributed by atoms with Crippen molar-refractivity contribution in [3.8, 4) is 0 Å². The lowest BCUT2D eigenvalue weighted by atomic mass is 10.0. The number of para-hydroxylation sites is 1. The molecule has 4 nitrogen and oxygen atoms in total. The van der Waals surface area contributed by atoms with Crippen molar-refractivity contribution < 1.29 is 9.59 Å². The maximum absolute atomic E-state index is 14.3. The molecular weight excluding hydrogens is 452 g/mol. The molecule has 1 fully saturated rings. The van der Waals surface area contributed by atoms with Crippen LogP contribution in [-0.4, -0.2) is 28.0 Å². The van der Waals surface area contributed by atoms with Crippen LogP contribution in [0.1, 0.15) is 40.9 Å². The summed E-state index contributed by atoms with van der Waals surface area (Å²) in [5, 5.41) is 0.621. The normalized spacial score (nSPS) is 21.0. The quantitative estimate of drug-likeness (QED) is 0.464. The second kappa shape index (κ2) is 7.93. The lowest BCUT2D eigenvalue weighted by molar-refractivity contribution is -0.123. The summed E-state index contributed by atoms with van der Waals surface area (Å²) in [4.78, 5) is 30.5. The Balaban J connectivity index is 1.63. The first-order chi connectivity index (χ1) is 15.7. The van der Waals surface area contributed by atoms with Crippen LogP contribution in [0.25, 0.3) is 0 Å². The number of hydrogen-bond donors (Lipinski definition) is 0. The summed E-state index contributed by atoms with van der Waals surface area (Å²) in [5.41, 5.74) is 4.24. The van der Waals surface area contributed by atoms with Crippen LogP contribution in [0.3, 0.4) is 0 Å². The van der Waals surface area contributed by atoms with E-state index in [2.05, 4.69) is 13.8 Å². The van der Waals surface area contributed by atoms with Crippen LogP contribution >= 0.6 is 23.4 Å². The van der Waals surface area contributed by atoms with E-state index in [1.807, 2.05) is 79.7 Å². The van der Waals surface area contributed by atoms with Gasteiger partial charge in [0, 0.05) is 27.4 Å². The number of thioether (sulfide) groups is 1. The average molecular weight is 477 g/mol. The molecule has 0 radical (unpaired) electrons. The largest absolute Gasteiger partial charge is 0.310 e. The number of halogens is 1. The molecule has 0 bridgehead atoms. The number of aryl methyl sites for hydroxylation is 1. The van der Waals surface area contributed by atoms with Crippen molar-refractivity contribution in [2.75, 3.05) is 11.4 Å². The zero-order chi connectivity index (χ0) is 23.4. The van der Waals surface area contributed by atoms with Gasteiger partial charge in [-0.2, -0.15) is 0 Å². The van der Waals surface area contributed by atoms with Crippen molar-refractivity contribution in [1.82, 2.24) is 4.90 Å². The van der Waals surface area contributed by atoms with Crippen LogP contribution in [-0.2, 0) is 16.2 Å². The Morgan fingerprint density at radius 3 is 2.39 bits per heavy atom. The average Bonchev–Trinajstić information content (AvgIpc) is 3.21. The molecule has 33 heavy (non-hydrogen) atoms. The minimum absolute atomic E-state index is 0.0975. The Hall–Kier alpha value is -2.76. The first-order valence-electron chi connectivity index (χ1n) is 11.0. The van der Waals surface area contributed by atoms with E-state index in [4.69, 9.17) is 11.6 Å². The van der Waals surface area contributed by atoms with E-state index in [0.717, 1.165) is 22.4 Å². The van der Waals surface area contributed by atoms with Crippen molar-refractivity contribution in [3.05, 3.63) is 100 Å². The van der Waals surface area contributed by atoms with Crippen molar-refractivity contribution in [2.45, 2.75) is 36.9 Å². The fourth-order valence-electron chi connectivity index (χ4n) is 4.76. The van der Waals surface area contributed by atoms with Crippen molar-refractivity contribution >= 4 is 40.9 Å². The highest BCUT2D eigenvalue weighted by atomic mass is 35.5. The zero-order valence-electron chi connectivity index (χ0n) is 18.8. The molecule has 0 aromatic heterocycles. The van der Waals surface area contributed by atoms with Crippen LogP contribution in [0.15, 0.2) is 72.8 Å². The van der Waals surface area contributed by atoms with Crippen LogP contribution < -0.4 is 4.90 Å². The topological polar surface area (TPSA) is 40.6 Å². The monoisotopic (exact) mass is 476 g/mol. The molecular formula is C27H25ClN2O2S. The lowest BCUT2D eigenvalue weighted by Crippen LogP contribution is -2.50. The SMILES string of the molecule is Cc1ccc(C(=O)N2CC(C)(C)S[C@]23C(=O)N(Cc2ccccc2Cl)c2ccccc23)cc1. The zero-order valence-corrected chi connectivity index (χ0v) is 20.4. The van der Waals surface area contributed by atoms with Gasteiger partial charge in [-0.05, 0) is 50.6 Å². The molecule has 2 aliphatic rings. The summed E-state index contributed by atoms with van der Waals surface area (Å²) in [6.45, 7) is 7.01. The molecule has 0 unspecified atom stereocenters. The minimum atomic E-state index is -1.11. The van der Waals surface area contributed by atoms with Crippen LogP contribution in [0, 0.1) is 6.92 Å². The number of rotatable bonds is 3. The van der Waals surface area contributed by atoms with E-state index in [-0.39, 0.29) is 16.6 Å². The molecule has 0 aliphatic carbocycles. The fraction of sp³-hybridized carbons (Fsp3) is 0.259. The Morgan fingerprint density at radius 1 is 1.00 bits per heavy atom. The first kappa shape index (κ1) is 22.1. The van der Waals surface area contributed by atoms with Gasteiger partial charge in [0.2, 0.25) is 0 Å². The molecule has 3 aromatic carbocycles. The third-order valence-corrected chi connectivity index (χ3v) is 8.23. The van der Waals surface area contributed by atoms with Gasteiger partial charge in [-0.15, -0.1) is 11.8 Å². The molecule has 2 aliphatic heterocycles. The highest BCUT2D eigenvalue weighted by Crippen LogP contribution is 2.60. The van der Waals surface area contributed by atoms with Gasteiger partial charge in [0.15, 0.2) is 4.87 Å². The Kier molecular flexibility index (Phi) is 5.30. The third-order valence-electron chi connectivity index (χ3n) is 6.27. The van der Waals surface area contributed by atoms with Gasteiger partial charge in [0.25, 0.3) is 11.8 Å². The predicted molar refractivity (Wildman–Crippen MR) is 135 cm³/mol. The Bertz CT molecular complexity index is 1260. The van der Waals surface area contributed by atoms with Crippen molar-refractivity contribution in [2.24, 2.45) is 0 Å². The van der Waals surface area contributed by atoms with E-state index >= 15 is 0 Å². The molecule has 2 amide bonds. The molecule has 3 aromatic rings. The molecule has 1 spiro atoms. The minimum Gasteiger partial charge on any atom is -0.310 e. The second-order valence-corrected chi connectivity index (χ2v) is 11.6. The molecule has 0 saturated carbocycles. The van der Waals surface area contributed by atoms with Crippen LogP contribution in [0.2, 0.25) is 5.02 Å². The maximum Gasteiger partial charge on any atom is 0.268 e. The molecule has 5 rings (SSSR count). The standard InChI is InChI=1S/C27H25ClN2O2S/c1-18-12-14-19(15-13-18)24(31)30-17-26(2,3)33-27(30)21-9-5-7-11-23(21)29(25(27)32)16-20-8-4-6-10-22(20)28/h4-15H,16-17H2,1-3H3/t27-/m1/s1. The van der Waals surface area contributed by atoms with Gasteiger partial charge < -0.3 is 9.80 Å². The van der Waals surface area contributed by atoms with Crippen LogP contribution in [0.4, 0.5) is 5.69 Å². The molecule has 1 saturated heterocycles. The van der Waals surface area contributed by atoms with E-state index in [0.29, 0.717) is 23.7 Å². The van der Waals surface area contributed by atoms with Gasteiger partial charge in [0.1, 0.15) is 0 Å². The van der Waals surface area contributed by atoms with Gasteiger partial charge in [-0.1, -0.05) is 65.7 Å². The van der Waals surface area contributed by atoms with Gasteiger partial charge in [-0.25, -0.2) is 0 Å². The third kappa shape index (κ3) is 3.54. The summed E-state index contributed by atoms with van der Waals surface area (Å²) in [6, 6.07) is 22.9. The number of carbonyl (C=O) groups excluding carboxylic acids is 2. The number of hydrogen-bond acceptors (Lipinski definition) is 3. The van der Waals surface area contributed by atoms with Crippen molar-refractivity contribution in [1.29, 1.82) is 0 Å². The molecule has 0 N–H and O–H groups in total. The second-order valence-electron chi connectivity index (χ2n) is 9.26. The highest BCUT2D eigenvalue weighted by Gasteiger charge is 2.63. The molecule has 6 heteroatoms. The summed E-state index contributed by atoms with van der Waals surface area (Å²) in [5.74, 6) is -0.226. The number of nitrogens with zero attached hydrogens (tertiary/aromatic N) is 2. The van der Waals surface area contributed by atoms with E-state index in [1.54, 1.807) is 21.6 Å². The summed E-state index contributed by atoms with van der Waals surface area (Å²) in [7, 11) is 0. The van der Waals surface area contributed by atoms with Gasteiger partial charge in [0.05, 0.1) is 12.2 Å². The first-order valence-corrected chi connectivity index (χ1v) is 12.2. The summed E-state index contributed by atoms with van der Waals surface area (Å²) in [6.07, 6.45) is 0. The summed E-state index contributed by atoms with van der Waals surface area (Å²) < 4.78 is -0.288. The highest BCUT2D eigenvalue weighted by molar-refractivity contribution is 8.02.